The van der Waals surface area contributed by atoms with Crippen molar-refractivity contribution >= 4 is 17.5 Å². The highest BCUT2D eigenvalue weighted by Crippen LogP contribution is 2.45. The molecule has 1 aromatic carbocycles. The molecule has 1 saturated heterocycles. The number of nitrogens with two attached hydrogens (primary N) is 1. The van der Waals surface area contributed by atoms with E-state index in [1.54, 1.807) is 4.52 Å². The zero-order valence-electron chi connectivity index (χ0n) is 16.5. The van der Waals surface area contributed by atoms with Gasteiger partial charge >= 0.3 is 0 Å². The molecule has 0 radical (unpaired) electrons. The Bertz CT molecular complexity index is 1010. The van der Waals surface area contributed by atoms with Crippen LogP contribution in [0.15, 0.2) is 53.9 Å². The van der Waals surface area contributed by atoms with Crippen LogP contribution in [-0.4, -0.2) is 38.2 Å². The van der Waals surface area contributed by atoms with Crippen molar-refractivity contribution in [3.05, 3.63) is 60.0 Å². The van der Waals surface area contributed by atoms with Gasteiger partial charge in [0, 0.05) is 5.92 Å². The van der Waals surface area contributed by atoms with E-state index >= 15 is 0 Å². The summed E-state index contributed by atoms with van der Waals surface area (Å²) < 4.78 is 14.6. The first-order valence-corrected chi connectivity index (χ1v) is 9.71. The van der Waals surface area contributed by atoms with Gasteiger partial charge in [0.25, 0.3) is 0 Å². The lowest BCUT2D eigenvalue weighted by Crippen LogP contribution is -2.43. The molecule has 3 N–H and O–H groups in total. The molecule has 1 aliphatic rings. The zero-order valence-corrected chi connectivity index (χ0v) is 16.5. The lowest BCUT2D eigenvalue weighted by Gasteiger charge is -2.31. The first-order chi connectivity index (χ1) is 14.1. The van der Waals surface area contributed by atoms with Gasteiger partial charge < -0.3 is 20.4 Å². The van der Waals surface area contributed by atoms with Gasteiger partial charge in [-0.25, -0.2) is 9.50 Å². The van der Waals surface area contributed by atoms with Crippen molar-refractivity contribution in [1.82, 2.24) is 14.6 Å². The first-order valence-electron chi connectivity index (χ1n) is 9.71. The van der Waals surface area contributed by atoms with Crippen molar-refractivity contribution in [3.8, 4) is 0 Å². The van der Waals surface area contributed by atoms with Crippen LogP contribution in [0.2, 0.25) is 0 Å². The highest BCUT2D eigenvalue weighted by atomic mass is 16.6. The van der Waals surface area contributed by atoms with Crippen LogP contribution >= 0.6 is 0 Å². The van der Waals surface area contributed by atoms with Crippen LogP contribution in [0.5, 0.6) is 0 Å². The number of oxime groups is 1. The van der Waals surface area contributed by atoms with Gasteiger partial charge in [-0.2, -0.15) is 5.10 Å². The Balaban J connectivity index is 1.80. The Morgan fingerprint density at radius 3 is 2.83 bits per heavy atom. The second-order valence-electron chi connectivity index (χ2n) is 7.34. The van der Waals surface area contributed by atoms with Crippen molar-refractivity contribution in [2.24, 2.45) is 11.1 Å². The summed E-state index contributed by atoms with van der Waals surface area (Å²) in [5.74, 6) is 0.425. The molecule has 4 atom stereocenters. The van der Waals surface area contributed by atoms with Crippen LogP contribution in [0.4, 0.5) is 5.82 Å². The molecular formula is C21H25N5O3. The summed E-state index contributed by atoms with van der Waals surface area (Å²) in [5.41, 5.74) is 7.29. The van der Waals surface area contributed by atoms with E-state index < -0.39 is 11.7 Å². The number of nitrogen functional groups attached to an aromatic ring is 1. The Morgan fingerprint density at radius 1 is 1.31 bits per heavy atom. The second-order valence-corrected chi connectivity index (χ2v) is 7.34. The molecular weight excluding hydrogens is 370 g/mol. The van der Waals surface area contributed by atoms with Crippen molar-refractivity contribution < 1.29 is 14.7 Å². The number of fused-ring (bicyclic) bond motifs is 1. The van der Waals surface area contributed by atoms with Crippen molar-refractivity contribution in [2.75, 3.05) is 5.73 Å². The van der Waals surface area contributed by atoms with E-state index in [0.29, 0.717) is 23.6 Å². The minimum Gasteiger partial charge on any atom is -0.411 e. The van der Waals surface area contributed by atoms with E-state index in [-0.39, 0.29) is 12.0 Å². The number of benzene rings is 1. The molecule has 152 valence electrons. The normalized spacial score (nSPS) is 27.2. The van der Waals surface area contributed by atoms with Gasteiger partial charge in [-0.15, -0.1) is 0 Å². The minimum absolute atomic E-state index is 0.0615. The number of anilines is 1. The van der Waals surface area contributed by atoms with Crippen molar-refractivity contribution in [2.45, 2.75) is 44.7 Å². The summed E-state index contributed by atoms with van der Waals surface area (Å²) in [7, 11) is 0. The fraction of sp³-hybridized carbons (Fsp3) is 0.381. The highest BCUT2D eigenvalue weighted by Gasteiger charge is 2.55. The van der Waals surface area contributed by atoms with Crippen LogP contribution in [0.25, 0.3) is 5.52 Å². The molecule has 3 aromatic rings. The molecule has 0 bridgehead atoms. The average molecular weight is 395 g/mol. The van der Waals surface area contributed by atoms with E-state index in [4.69, 9.17) is 15.2 Å². The maximum absolute atomic E-state index is 9.53. The Labute approximate surface area is 169 Å². The van der Waals surface area contributed by atoms with Gasteiger partial charge in [0.05, 0.1) is 24.6 Å². The summed E-state index contributed by atoms with van der Waals surface area (Å²) in [6.45, 7) is 4.57. The molecule has 0 aliphatic carbocycles. The van der Waals surface area contributed by atoms with Gasteiger partial charge in [-0.3, -0.25) is 0 Å². The maximum atomic E-state index is 9.53. The van der Waals surface area contributed by atoms with Crippen LogP contribution in [0.1, 0.15) is 31.5 Å². The highest BCUT2D eigenvalue weighted by molar-refractivity contribution is 5.75. The average Bonchev–Trinajstić information content (AvgIpc) is 3.28. The summed E-state index contributed by atoms with van der Waals surface area (Å²) >= 11 is 0. The Morgan fingerprint density at radius 2 is 2.10 bits per heavy atom. The van der Waals surface area contributed by atoms with Gasteiger partial charge in [0.15, 0.2) is 11.4 Å². The topological polar surface area (TPSA) is 107 Å². The SMILES string of the molecule is CC[C@H]1O[C@@](/C=N/O)(c2ccc3c(N)ncnn23)[C@@H](OCc2ccccc2)C1C. The lowest BCUT2D eigenvalue weighted by atomic mass is 9.87. The fourth-order valence-electron chi connectivity index (χ4n) is 4.21. The van der Waals surface area contributed by atoms with E-state index in [2.05, 4.69) is 29.1 Å². The van der Waals surface area contributed by atoms with Crippen LogP contribution in [-0.2, 0) is 21.7 Å². The van der Waals surface area contributed by atoms with E-state index in [1.165, 1.54) is 12.5 Å². The molecule has 29 heavy (non-hydrogen) atoms. The monoisotopic (exact) mass is 395 g/mol. The Kier molecular flexibility index (Phi) is 5.21. The molecule has 8 heteroatoms. The number of rotatable bonds is 6. The molecule has 1 unspecified atom stereocenters. The van der Waals surface area contributed by atoms with E-state index in [0.717, 1.165) is 12.0 Å². The number of hydrogen-bond donors (Lipinski definition) is 2. The van der Waals surface area contributed by atoms with Crippen molar-refractivity contribution in [3.63, 3.8) is 0 Å². The first kappa shape index (κ1) is 19.4. The minimum atomic E-state index is -1.11. The Hall–Kier alpha value is -2.97. The summed E-state index contributed by atoms with van der Waals surface area (Å²) in [6.07, 6.45) is 3.13. The van der Waals surface area contributed by atoms with Gasteiger partial charge in [0.2, 0.25) is 0 Å². The molecule has 1 aliphatic heterocycles. The van der Waals surface area contributed by atoms with Gasteiger partial charge in [-0.05, 0) is 24.1 Å². The lowest BCUT2D eigenvalue weighted by molar-refractivity contribution is -0.0719. The van der Waals surface area contributed by atoms with Crippen LogP contribution in [0, 0.1) is 5.92 Å². The van der Waals surface area contributed by atoms with Crippen LogP contribution in [0.3, 0.4) is 0 Å². The quantitative estimate of drug-likeness (QED) is 0.377. The fourth-order valence-corrected chi connectivity index (χ4v) is 4.21. The number of aromatic nitrogens is 3. The predicted octanol–water partition coefficient (Wildman–Crippen LogP) is 3.00. The van der Waals surface area contributed by atoms with E-state index in [9.17, 15) is 5.21 Å². The third kappa shape index (κ3) is 3.24. The largest absolute Gasteiger partial charge is 0.411 e. The predicted molar refractivity (Wildman–Crippen MR) is 109 cm³/mol. The smallest absolute Gasteiger partial charge is 0.175 e. The van der Waals surface area contributed by atoms with E-state index in [1.807, 2.05) is 42.5 Å². The number of hydrogen-bond acceptors (Lipinski definition) is 7. The molecule has 3 heterocycles. The summed E-state index contributed by atoms with van der Waals surface area (Å²) in [4.78, 5) is 4.05. The number of ether oxygens (including phenoxy) is 2. The molecule has 2 aromatic heterocycles. The molecule has 4 rings (SSSR count). The molecule has 0 saturated carbocycles. The number of nitrogens with zero attached hydrogens (tertiary/aromatic N) is 4. The summed E-state index contributed by atoms with van der Waals surface area (Å²) in [5, 5.41) is 17.2. The second kappa shape index (κ2) is 7.81. The third-order valence-electron chi connectivity index (χ3n) is 5.64. The maximum Gasteiger partial charge on any atom is 0.175 e. The third-order valence-corrected chi connectivity index (χ3v) is 5.64. The molecule has 0 spiro atoms. The van der Waals surface area contributed by atoms with Crippen molar-refractivity contribution in [1.29, 1.82) is 0 Å². The molecule has 0 amide bonds. The zero-order chi connectivity index (χ0) is 20.4. The van der Waals surface area contributed by atoms with Crippen LogP contribution < -0.4 is 5.73 Å². The molecule has 1 fully saturated rings. The summed E-state index contributed by atoms with van der Waals surface area (Å²) in [6, 6.07) is 13.7. The molecule has 8 nitrogen and oxygen atoms in total. The van der Waals surface area contributed by atoms with Gasteiger partial charge in [-0.1, -0.05) is 49.3 Å². The van der Waals surface area contributed by atoms with Gasteiger partial charge in [0.1, 0.15) is 17.9 Å². The standard InChI is InChI=1S/C21H25N5O3/c1-3-17-14(2)19(28-11-15-7-5-4-6-8-15)21(29-17,12-25-27)18-10-9-16-20(22)23-13-24-26(16)18/h4-10,12-14,17,19,27H,3,11H2,1-2H3,(H2,22,23,24)/b25-12+/t14?,17-,19+,21+/m1/s1.